The Morgan fingerprint density at radius 2 is 1.54 bits per heavy atom. The second-order valence-corrected chi connectivity index (χ2v) is 23.6. The number of nitrogens with one attached hydrogen (secondary N) is 2. The van der Waals surface area contributed by atoms with Crippen molar-refractivity contribution >= 4 is 29.5 Å². The maximum absolute atomic E-state index is 14.6. The lowest BCUT2D eigenvalue weighted by Gasteiger charge is -2.72. The molecule has 0 spiro atoms. The quantitative estimate of drug-likeness (QED) is 0.211. The molecule has 342 valence electrons. The first-order valence-electron chi connectivity index (χ1n) is 23.7. The number of amides is 2. The van der Waals surface area contributed by atoms with Crippen LogP contribution >= 0.6 is 0 Å². The van der Waals surface area contributed by atoms with Crippen LogP contribution in [0.3, 0.4) is 0 Å². The van der Waals surface area contributed by atoms with Crippen LogP contribution in [-0.2, 0) is 23.9 Å². The summed E-state index contributed by atoms with van der Waals surface area (Å²) in [5.41, 5.74) is 1.16. The Balaban J connectivity index is 1.01. The molecule has 6 aliphatic carbocycles. The van der Waals surface area contributed by atoms with E-state index in [2.05, 4.69) is 64.1 Å². The molecule has 1 aromatic carbocycles. The maximum Gasteiger partial charge on any atom is 0.309 e. The number of ether oxygens (including phenoxy) is 1. The molecule has 0 unspecified atom stereocenters. The summed E-state index contributed by atoms with van der Waals surface area (Å²) in [5, 5.41) is 16.2. The minimum absolute atomic E-state index is 0.00800. The number of allylic oxidation sites excluding steroid dienone is 1. The molecule has 6 aliphatic rings. The summed E-state index contributed by atoms with van der Waals surface area (Å²) in [4.78, 5) is 72.3. The van der Waals surface area contributed by atoms with Crippen molar-refractivity contribution in [3.8, 4) is 5.69 Å². The second-order valence-electron chi connectivity index (χ2n) is 23.6. The molecule has 63 heavy (non-hydrogen) atoms. The Bertz CT molecular complexity index is 2270. The van der Waals surface area contributed by atoms with E-state index >= 15 is 0 Å². The lowest BCUT2D eigenvalue weighted by molar-refractivity contribution is -0.235. The third-order valence-electron chi connectivity index (χ3n) is 19.0. The minimum atomic E-state index is -1.26. The number of carbonyl (C=O) groups is 5. The number of hydrogen-bond acceptors (Lipinski definition) is 7. The van der Waals surface area contributed by atoms with Crippen LogP contribution in [0, 0.1) is 69.5 Å². The van der Waals surface area contributed by atoms with Gasteiger partial charge in [-0.05, 0) is 159 Å². The van der Waals surface area contributed by atoms with Crippen molar-refractivity contribution in [2.24, 2.45) is 62.6 Å². The minimum Gasteiger partial charge on any atom is -0.481 e. The van der Waals surface area contributed by atoms with Gasteiger partial charge in [0.25, 0.3) is 5.91 Å². The average Bonchev–Trinajstić information content (AvgIpc) is 3.75. The van der Waals surface area contributed by atoms with Crippen molar-refractivity contribution in [1.82, 2.24) is 20.2 Å². The van der Waals surface area contributed by atoms with Crippen LogP contribution in [0.15, 0.2) is 47.9 Å². The predicted molar refractivity (Wildman–Crippen MR) is 241 cm³/mol. The molecule has 0 aliphatic heterocycles. The summed E-state index contributed by atoms with van der Waals surface area (Å²) >= 11 is 0. The second kappa shape index (κ2) is 14.9. The number of benzene rings is 1. The fourth-order valence-electron chi connectivity index (χ4n) is 15.0. The Labute approximate surface area is 374 Å². The van der Waals surface area contributed by atoms with Crippen molar-refractivity contribution in [2.75, 3.05) is 0 Å². The van der Waals surface area contributed by atoms with Crippen molar-refractivity contribution in [2.45, 2.75) is 164 Å². The van der Waals surface area contributed by atoms with Crippen molar-refractivity contribution in [1.29, 1.82) is 0 Å². The van der Waals surface area contributed by atoms with Gasteiger partial charge in [-0.3, -0.25) is 24.0 Å². The Morgan fingerprint density at radius 3 is 2.14 bits per heavy atom. The van der Waals surface area contributed by atoms with Crippen LogP contribution in [0.1, 0.15) is 156 Å². The number of aryl methyl sites for hydroxylation is 1. The third-order valence-corrected chi connectivity index (χ3v) is 19.0. The zero-order chi connectivity index (χ0) is 46.0. The normalized spacial score (nSPS) is 36.6. The van der Waals surface area contributed by atoms with E-state index < -0.39 is 34.3 Å². The van der Waals surface area contributed by atoms with E-state index in [-0.39, 0.29) is 69.6 Å². The molecular weight excluding hydrogens is 793 g/mol. The van der Waals surface area contributed by atoms with Gasteiger partial charge < -0.3 is 25.0 Å². The lowest BCUT2D eigenvalue weighted by atomic mass is 9.33. The Morgan fingerprint density at radius 1 is 0.857 bits per heavy atom. The van der Waals surface area contributed by atoms with E-state index in [4.69, 9.17) is 4.74 Å². The number of carbonyl (C=O) groups excluding carboxylic acids is 4. The summed E-state index contributed by atoms with van der Waals surface area (Å²) in [5.74, 6) is -1.65. The number of aliphatic carboxylic acids is 1. The maximum atomic E-state index is 14.6. The molecule has 0 bridgehead atoms. The molecule has 3 N–H and O–H groups in total. The summed E-state index contributed by atoms with van der Waals surface area (Å²) in [6.07, 6.45) is 11.3. The van der Waals surface area contributed by atoms with Gasteiger partial charge in [-0.15, -0.1) is 0 Å². The molecule has 11 heteroatoms. The molecule has 2 amide bonds. The molecule has 1 heterocycles. The molecule has 8 rings (SSSR count). The molecule has 1 aromatic heterocycles. The van der Waals surface area contributed by atoms with E-state index in [1.165, 1.54) is 0 Å². The monoisotopic (exact) mass is 865 g/mol. The number of aromatic nitrogens is 2. The smallest absolute Gasteiger partial charge is 0.309 e. The number of esters is 1. The number of hydrogen-bond donors (Lipinski definition) is 3. The van der Waals surface area contributed by atoms with Crippen LogP contribution in [0.5, 0.6) is 0 Å². The van der Waals surface area contributed by atoms with Crippen LogP contribution in [0.25, 0.3) is 5.69 Å². The number of rotatable bonds is 9. The zero-order valence-electron chi connectivity index (χ0n) is 39.9. The van der Waals surface area contributed by atoms with Crippen LogP contribution < -0.4 is 10.6 Å². The Kier molecular flexibility index (Phi) is 10.7. The molecule has 5 saturated carbocycles. The van der Waals surface area contributed by atoms with Gasteiger partial charge in [-0.1, -0.05) is 62.3 Å². The first-order chi connectivity index (χ1) is 29.2. The van der Waals surface area contributed by atoms with Crippen molar-refractivity contribution in [3.63, 3.8) is 0 Å². The SMILES string of the molecule is Cc1cn(-c2ccc(C(=O)NC(C)(C)C(=O)N[C@@]34CC[C@]5(C)[C@H](CC[C@@H]6[C@@]7(C)CC[C@H](OC(=O)[C@H]8C[C@@H](C(=O)O)C8(C)C)C(C)(C)[C@@H]7CC[C@]65C)C3=C(C(C)C)C(=O)C4)cc2)cn1. The lowest BCUT2D eigenvalue weighted by Crippen LogP contribution is -2.68. The van der Waals surface area contributed by atoms with Gasteiger partial charge in [0.1, 0.15) is 11.6 Å². The fourth-order valence-corrected chi connectivity index (χ4v) is 15.0. The van der Waals surface area contributed by atoms with Gasteiger partial charge in [0, 0.05) is 29.3 Å². The predicted octanol–water partition coefficient (Wildman–Crippen LogP) is 9.20. The van der Waals surface area contributed by atoms with Gasteiger partial charge >= 0.3 is 11.9 Å². The highest BCUT2D eigenvalue weighted by Gasteiger charge is 2.71. The van der Waals surface area contributed by atoms with E-state index in [1.54, 1.807) is 32.3 Å². The van der Waals surface area contributed by atoms with Crippen molar-refractivity contribution < 1.29 is 33.8 Å². The number of fused-ring (bicyclic) bond motifs is 7. The average molecular weight is 865 g/mol. The summed E-state index contributed by atoms with van der Waals surface area (Å²) in [7, 11) is 0. The highest BCUT2D eigenvalue weighted by atomic mass is 16.5. The summed E-state index contributed by atoms with van der Waals surface area (Å²) in [6, 6.07) is 7.22. The third kappa shape index (κ3) is 6.77. The molecule has 0 radical (unpaired) electrons. The topological polar surface area (TPSA) is 157 Å². The number of ketones is 1. The molecule has 5 fully saturated rings. The zero-order valence-corrected chi connectivity index (χ0v) is 39.9. The van der Waals surface area contributed by atoms with E-state index in [9.17, 15) is 29.1 Å². The summed E-state index contributed by atoms with van der Waals surface area (Å²) in [6.45, 7) is 25.5. The molecule has 10 atom stereocenters. The van der Waals surface area contributed by atoms with Gasteiger partial charge in [-0.2, -0.15) is 0 Å². The van der Waals surface area contributed by atoms with Crippen LogP contribution in [0.4, 0.5) is 0 Å². The Hall–Kier alpha value is -4.28. The highest BCUT2D eigenvalue weighted by molar-refractivity contribution is 6.03. The summed E-state index contributed by atoms with van der Waals surface area (Å²) < 4.78 is 8.32. The number of carboxylic acid groups (broad SMARTS) is 1. The molecule has 11 nitrogen and oxygen atoms in total. The van der Waals surface area contributed by atoms with E-state index in [0.717, 1.165) is 67.5 Å². The molecule has 0 saturated heterocycles. The van der Waals surface area contributed by atoms with Gasteiger partial charge in [0.05, 0.1) is 29.4 Å². The largest absolute Gasteiger partial charge is 0.481 e. The standard InChI is InChI=1S/C52H72N4O7/c1-29(2)40-36(57)26-52(55-45(62)48(8,9)54-42(58)31-13-15-32(16-14-31)56-27-30(3)53-28-56)24-23-50(11)33(41(40)52)17-18-38-49(10)21-20-39(47(6,7)37(49)19-22-51(38,50)12)63-44(61)35-25-34(43(59)60)46(35,4)5/h13-16,27-29,33-35,37-39H,17-26H2,1-12H3,(H,54,58)(H,55,62)(H,59,60)/t33-,34+,35-,37+,38-,39+,49+,50-,51-,52-/m1/s1. The van der Waals surface area contributed by atoms with E-state index in [1.807, 2.05) is 43.7 Å². The van der Waals surface area contributed by atoms with Gasteiger partial charge in [-0.25, -0.2) is 4.98 Å². The number of imidazole rings is 1. The first-order valence-corrected chi connectivity index (χ1v) is 23.7. The number of carboxylic acids is 1. The van der Waals surface area contributed by atoms with Crippen LogP contribution in [-0.4, -0.2) is 61.4 Å². The molecule has 2 aromatic rings. The van der Waals surface area contributed by atoms with Crippen molar-refractivity contribution in [3.05, 3.63) is 59.2 Å². The molecular formula is C52H72N4O7. The fraction of sp³-hybridized carbons (Fsp3) is 0.692. The van der Waals surface area contributed by atoms with Crippen LogP contribution in [0.2, 0.25) is 0 Å². The first kappa shape index (κ1) is 45.3. The van der Waals surface area contributed by atoms with E-state index in [0.29, 0.717) is 30.2 Å². The van der Waals surface area contributed by atoms with Gasteiger partial charge in [0.15, 0.2) is 5.78 Å². The number of Topliss-reactive ketones (excluding diaryl/α,β-unsaturated/α-hetero) is 1. The number of nitrogens with zero attached hydrogens (tertiary/aromatic N) is 2. The highest BCUT2D eigenvalue weighted by Crippen LogP contribution is 2.76. The van der Waals surface area contributed by atoms with Gasteiger partial charge in [0.2, 0.25) is 5.91 Å².